The molecule has 120 valence electrons. The molecule has 0 atom stereocenters. The Morgan fingerprint density at radius 1 is 1.18 bits per heavy atom. The van der Waals surface area contributed by atoms with E-state index in [0.717, 1.165) is 30.6 Å². The molecule has 1 fully saturated rings. The Labute approximate surface area is 130 Å². The van der Waals surface area contributed by atoms with Gasteiger partial charge in [-0.05, 0) is 30.5 Å². The van der Waals surface area contributed by atoms with E-state index in [9.17, 15) is 13.2 Å². The van der Waals surface area contributed by atoms with Crippen molar-refractivity contribution in [2.24, 2.45) is 5.14 Å². The minimum atomic E-state index is -3.67. The lowest BCUT2D eigenvalue weighted by Crippen LogP contribution is -2.52. The van der Waals surface area contributed by atoms with Crippen LogP contribution in [0.2, 0.25) is 0 Å². The molecule has 1 amide bonds. The average Bonchev–Trinajstić information content (AvgIpc) is 2.53. The quantitative estimate of drug-likeness (QED) is 0.801. The zero-order valence-electron chi connectivity index (χ0n) is 12.3. The summed E-state index contributed by atoms with van der Waals surface area (Å²) in [5.74, 6) is -0.0328. The van der Waals surface area contributed by atoms with Crippen molar-refractivity contribution >= 4 is 21.8 Å². The van der Waals surface area contributed by atoms with Gasteiger partial charge in [-0.15, -0.1) is 0 Å². The molecule has 0 spiro atoms. The van der Waals surface area contributed by atoms with Crippen LogP contribution in [0.5, 0.6) is 0 Å². The number of rotatable bonds is 2. The lowest BCUT2D eigenvalue weighted by Gasteiger charge is -2.33. The van der Waals surface area contributed by atoms with Crippen LogP contribution in [-0.2, 0) is 16.6 Å². The zero-order chi connectivity index (χ0) is 15.7. The fraction of sp³-hybridized carbons (Fsp3) is 0.500. The maximum atomic E-state index is 12.7. The van der Waals surface area contributed by atoms with Crippen molar-refractivity contribution in [1.29, 1.82) is 0 Å². The first-order chi connectivity index (χ1) is 10.5. The molecule has 1 saturated heterocycles. The number of carbonyl (C=O) groups excluding carboxylic acids is 1. The maximum absolute atomic E-state index is 12.7. The Kier molecular flexibility index (Phi) is 4.07. The number of nitrogens with zero attached hydrogens (tertiary/aromatic N) is 2. The number of amides is 1. The molecule has 22 heavy (non-hydrogen) atoms. The second-order valence-electron chi connectivity index (χ2n) is 5.60. The molecule has 2 aliphatic heterocycles. The number of piperazine rings is 1. The average molecular weight is 324 g/mol. The number of carbonyl (C=O) groups is 1. The third-order valence-electron chi connectivity index (χ3n) is 4.21. The summed E-state index contributed by atoms with van der Waals surface area (Å²) in [6, 6.07) is 5.72. The van der Waals surface area contributed by atoms with Gasteiger partial charge in [0, 0.05) is 44.0 Å². The molecule has 8 heteroatoms. The van der Waals surface area contributed by atoms with Crippen LogP contribution in [0.25, 0.3) is 0 Å². The van der Waals surface area contributed by atoms with E-state index < -0.39 is 10.2 Å². The standard InChI is InChI=1S/C14H20N4O3S/c15-22(20,21)18-9-7-17(8-10-18)14(19)12-3-1-5-13-11(12)4-2-6-16-13/h1,3,5,16H,2,4,6-10H2,(H2,15,20,21). The van der Waals surface area contributed by atoms with Crippen molar-refractivity contribution in [2.75, 3.05) is 38.0 Å². The Morgan fingerprint density at radius 2 is 1.91 bits per heavy atom. The molecule has 1 aromatic rings. The monoisotopic (exact) mass is 324 g/mol. The van der Waals surface area contributed by atoms with Crippen molar-refractivity contribution in [1.82, 2.24) is 9.21 Å². The van der Waals surface area contributed by atoms with Crippen LogP contribution in [0, 0.1) is 0 Å². The van der Waals surface area contributed by atoms with Crippen LogP contribution in [0.15, 0.2) is 18.2 Å². The molecule has 7 nitrogen and oxygen atoms in total. The largest absolute Gasteiger partial charge is 0.385 e. The van der Waals surface area contributed by atoms with Crippen molar-refractivity contribution in [3.05, 3.63) is 29.3 Å². The highest BCUT2D eigenvalue weighted by molar-refractivity contribution is 7.86. The second-order valence-corrected chi connectivity index (χ2v) is 7.14. The topological polar surface area (TPSA) is 95.7 Å². The van der Waals surface area contributed by atoms with Gasteiger partial charge in [0.1, 0.15) is 0 Å². The summed E-state index contributed by atoms with van der Waals surface area (Å²) in [5.41, 5.74) is 2.81. The van der Waals surface area contributed by atoms with Crippen molar-refractivity contribution < 1.29 is 13.2 Å². The predicted octanol–water partition coefficient (Wildman–Crippen LogP) is 0.00600. The van der Waals surface area contributed by atoms with Crippen LogP contribution in [0.4, 0.5) is 5.69 Å². The van der Waals surface area contributed by atoms with Crippen LogP contribution < -0.4 is 10.5 Å². The third kappa shape index (κ3) is 2.94. The summed E-state index contributed by atoms with van der Waals surface area (Å²) in [7, 11) is -3.67. The minimum Gasteiger partial charge on any atom is -0.385 e. The number of hydrogen-bond donors (Lipinski definition) is 2. The first-order valence-corrected chi connectivity index (χ1v) is 8.90. The molecule has 3 rings (SSSR count). The van der Waals surface area contributed by atoms with E-state index in [4.69, 9.17) is 5.14 Å². The van der Waals surface area contributed by atoms with Crippen molar-refractivity contribution in [2.45, 2.75) is 12.8 Å². The van der Waals surface area contributed by atoms with E-state index in [0.29, 0.717) is 18.7 Å². The Balaban J connectivity index is 1.76. The molecule has 0 aliphatic carbocycles. The summed E-state index contributed by atoms with van der Waals surface area (Å²) < 4.78 is 23.8. The van der Waals surface area contributed by atoms with E-state index in [1.807, 2.05) is 18.2 Å². The molecular weight excluding hydrogens is 304 g/mol. The molecular formula is C14H20N4O3S. The van der Waals surface area contributed by atoms with Gasteiger partial charge < -0.3 is 10.2 Å². The van der Waals surface area contributed by atoms with Crippen molar-refractivity contribution in [3.63, 3.8) is 0 Å². The number of anilines is 1. The normalized spacial score (nSPS) is 19.4. The highest BCUT2D eigenvalue weighted by atomic mass is 32.2. The first kappa shape index (κ1) is 15.3. The SMILES string of the molecule is NS(=O)(=O)N1CCN(C(=O)c2cccc3c2CCCN3)CC1. The summed E-state index contributed by atoms with van der Waals surface area (Å²) in [5, 5.41) is 8.43. The number of nitrogens with two attached hydrogens (primary N) is 1. The van der Waals surface area contributed by atoms with Gasteiger partial charge in [-0.2, -0.15) is 12.7 Å². The zero-order valence-corrected chi connectivity index (χ0v) is 13.1. The van der Waals surface area contributed by atoms with Crippen molar-refractivity contribution in [3.8, 4) is 0 Å². The Hall–Kier alpha value is -1.64. The fourth-order valence-corrected chi connectivity index (χ4v) is 3.70. The molecule has 2 aliphatic rings. The summed E-state index contributed by atoms with van der Waals surface area (Å²) >= 11 is 0. The summed E-state index contributed by atoms with van der Waals surface area (Å²) in [4.78, 5) is 14.4. The van der Waals surface area contributed by atoms with E-state index in [2.05, 4.69) is 5.32 Å². The van der Waals surface area contributed by atoms with E-state index in [-0.39, 0.29) is 19.0 Å². The van der Waals surface area contributed by atoms with Gasteiger partial charge in [0.15, 0.2) is 0 Å². The predicted molar refractivity (Wildman–Crippen MR) is 83.8 cm³/mol. The number of hydrogen-bond acceptors (Lipinski definition) is 4. The molecule has 0 bridgehead atoms. The lowest BCUT2D eigenvalue weighted by atomic mass is 9.96. The fourth-order valence-electron chi connectivity index (χ4n) is 3.03. The third-order valence-corrected chi connectivity index (χ3v) is 5.30. The molecule has 0 saturated carbocycles. The van der Waals surface area contributed by atoms with E-state index in [1.54, 1.807) is 4.90 Å². The smallest absolute Gasteiger partial charge is 0.277 e. The van der Waals surface area contributed by atoms with Crippen LogP contribution >= 0.6 is 0 Å². The first-order valence-electron chi connectivity index (χ1n) is 7.40. The molecule has 3 N–H and O–H groups in total. The molecule has 0 radical (unpaired) electrons. The van der Waals surface area contributed by atoms with E-state index >= 15 is 0 Å². The lowest BCUT2D eigenvalue weighted by molar-refractivity contribution is 0.0696. The van der Waals surface area contributed by atoms with Crippen LogP contribution in [0.1, 0.15) is 22.3 Å². The van der Waals surface area contributed by atoms with Gasteiger partial charge in [0.25, 0.3) is 16.1 Å². The maximum Gasteiger partial charge on any atom is 0.277 e. The molecule has 2 heterocycles. The van der Waals surface area contributed by atoms with E-state index in [1.165, 1.54) is 4.31 Å². The number of nitrogens with one attached hydrogen (secondary N) is 1. The second kappa shape index (κ2) is 5.86. The van der Waals surface area contributed by atoms with Gasteiger partial charge >= 0.3 is 0 Å². The Morgan fingerprint density at radius 3 is 2.59 bits per heavy atom. The van der Waals surface area contributed by atoms with Gasteiger partial charge in [0.05, 0.1) is 0 Å². The molecule has 0 aromatic heterocycles. The highest BCUT2D eigenvalue weighted by Gasteiger charge is 2.28. The van der Waals surface area contributed by atoms with Gasteiger partial charge in [0.2, 0.25) is 0 Å². The number of fused-ring (bicyclic) bond motifs is 1. The van der Waals surface area contributed by atoms with Gasteiger partial charge in [-0.25, -0.2) is 5.14 Å². The van der Waals surface area contributed by atoms with Crippen LogP contribution in [0.3, 0.4) is 0 Å². The summed E-state index contributed by atoms with van der Waals surface area (Å²) in [6.07, 6.45) is 1.90. The van der Waals surface area contributed by atoms with Gasteiger partial charge in [-0.3, -0.25) is 4.79 Å². The van der Waals surface area contributed by atoms with Gasteiger partial charge in [-0.1, -0.05) is 6.07 Å². The molecule has 0 unspecified atom stereocenters. The number of benzene rings is 1. The summed E-state index contributed by atoms with van der Waals surface area (Å²) in [6.45, 7) is 2.16. The minimum absolute atomic E-state index is 0.0328. The van der Waals surface area contributed by atoms with Crippen LogP contribution in [-0.4, -0.2) is 56.3 Å². The molecule has 1 aromatic carbocycles. The Bertz CT molecular complexity index is 681. The highest BCUT2D eigenvalue weighted by Crippen LogP contribution is 2.26.